The average Bonchev–Trinajstić information content (AvgIpc) is 2.99. The smallest absolute Gasteiger partial charge is 0.289 e. The van der Waals surface area contributed by atoms with Gasteiger partial charge in [-0.1, -0.05) is 20.8 Å². The number of likely N-dealkylation sites (tertiary alicyclic amines) is 1. The number of rotatable bonds is 5. The Morgan fingerprint density at radius 2 is 2.14 bits per heavy atom. The zero-order valence-electron chi connectivity index (χ0n) is 14.1. The Bertz CT molecular complexity index is 460. The molecule has 0 spiro atoms. The Kier molecular flexibility index (Phi) is 5.98. The van der Waals surface area contributed by atoms with E-state index in [-0.39, 0.29) is 5.91 Å². The van der Waals surface area contributed by atoms with Gasteiger partial charge in [-0.05, 0) is 31.9 Å². The first kappa shape index (κ1) is 17.4. The molecule has 0 bridgehead atoms. The molecule has 0 radical (unpaired) electrons. The molecule has 1 aromatic rings. The van der Waals surface area contributed by atoms with Crippen LogP contribution in [0.1, 0.15) is 51.1 Å². The minimum Gasteiger partial charge on any atom is -0.459 e. The molecule has 1 saturated heterocycles. The second-order valence-electron chi connectivity index (χ2n) is 7.03. The third kappa shape index (κ3) is 5.36. The molecule has 124 valence electrons. The summed E-state index contributed by atoms with van der Waals surface area (Å²) in [6.07, 6.45) is 3.57. The van der Waals surface area contributed by atoms with E-state index in [4.69, 9.17) is 4.42 Å². The largest absolute Gasteiger partial charge is 0.459 e. The molecule has 5 heteroatoms. The highest BCUT2D eigenvalue weighted by Crippen LogP contribution is 2.24. The van der Waals surface area contributed by atoms with Crippen LogP contribution in [0, 0.1) is 0 Å². The van der Waals surface area contributed by atoms with E-state index in [9.17, 15) is 4.79 Å². The van der Waals surface area contributed by atoms with Gasteiger partial charge in [0.1, 0.15) is 0 Å². The van der Waals surface area contributed by atoms with Gasteiger partial charge in [0, 0.05) is 35.7 Å². The van der Waals surface area contributed by atoms with Gasteiger partial charge in [-0.2, -0.15) is 11.8 Å². The number of hydrogen-bond donors (Lipinski definition) is 1. The van der Waals surface area contributed by atoms with Gasteiger partial charge in [0.25, 0.3) is 5.91 Å². The predicted octanol–water partition coefficient (Wildman–Crippen LogP) is 3.39. The molecule has 0 aliphatic carbocycles. The van der Waals surface area contributed by atoms with Crippen molar-refractivity contribution in [2.45, 2.75) is 57.4 Å². The lowest BCUT2D eigenvalue weighted by Gasteiger charge is -2.34. The standard InChI is InChI=1S/C17H28N2O2S/c1-13(12-22-17(2,3)4)18-14-7-9-19(10-8-14)16(20)15-6-5-11-21-15/h5-6,11,13-14,18H,7-10,12H2,1-4H3/t13-/m0/s1. The maximum Gasteiger partial charge on any atom is 0.289 e. The lowest BCUT2D eigenvalue weighted by atomic mass is 10.0. The van der Waals surface area contributed by atoms with Crippen molar-refractivity contribution in [3.8, 4) is 0 Å². The number of carbonyl (C=O) groups is 1. The summed E-state index contributed by atoms with van der Waals surface area (Å²) in [7, 11) is 0. The van der Waals surface area contributed by atoms with Gasteiger partial charge in [0.15, 0.2) is 5.76 Å². The SMILES string of the molecule is C[C@@H](CSC(C)(C)C)NC1CCN(C(=O)c2ccco2)CC1. The third-order valence-electron chi connectivity index (χ3n) is 3.80. The predicted molar refractivity (Wildman–Crippen MR) is 92.4 cm³/mol. The first-order chi connectivity index (χ1) is 10.3. The molecule has 1 amide bonds. The Balaban J connectivity index is 1.72. The number of amides is 1. The maximum absolute atomic E-state index is 12.2. The van der Waals surface area contributed by atoms with Gasteiger partial charge in [-0.15, -0.1) is 0 Å². The molecular weight excluding hydrogens is 296 g/mol. The summed E-state index contributed by atoms with van der Waals surface area (Å²) >= 11 is 1.99. The average molecular weight is 324 g/mol. The molecule has 1 aliphatic rings. The van der Waals surface area contributed by atoms with Gasteiger partial charge in [0.2, 0.25) is 0 Å². The number of piperidine rings is 1. The molecule has 22 heavy (non-hydrogen) atoms. The molecule has 4 nitrogen and oxygen atoms in total. The Labute approximate surface area is 138 Å². The van der Waals surface area contributed by atoms with Gasteiger partial charge in [-0.3, -0.25) is 4.79 Å². The second-order valence-corrected chi connectivity index (χ2v) is 8.88. The minimum atomic E-state index is 0.0137. The molecule has 1 fully saturated rings. The second kappa shape index (κ2) is 7.55. The molecule has 1 N–H and O–H groups in total. The highest BCUT2D eigenvalue weighted by atomic mass is 32.2. The fourth-order valence-corrected chi connectivity index (χ4v) is 3.48. The fraction of sp³-hybridized carbons (Fsp3) is 0.706. The molecule has 0 aromatic carbocycles. The summed E-state index contributed by atoms with van der Waals surface area (Å²) in [5, 5.41) is 3.70. The summed E-state index contributed by atoms with van der Waals surface area (Å²) in [5.74, 6) is 1.58. The van der Waals surface area contributed by atoms with Crippen molar-refractivity contribution in [1.29, 1.82) is 0 Å². The van der Waals surface area contributed by atoms with E-state index >= 15 is 0 Å². The van der Waals surface area contributed by atoms with Crippen molar-refractivity contribution < 1.29 is 9.21 Å². The van der Waals surface area contributed by atoms with Crippen molar-refractivity contribution in [3.05, 3.63) is 24.2 Å². The Morgan fingerprint density at radius 1 is 1.45 bits per heavy atom. The van der Waals surface area contributed by atoms with Gasteiger partial charge in [-0.25, -0.2) is 0 Å². The van der Waals surface area contributed by atoms with Gasteiger partial charge < -0.3 is 14.6 Å². The zero-order chi connectivity index (χ0) is 16.2. The van der Waals surface area contributed by atoms with Crippen LogP contribution in [0.2, 0.25) is 0 Å². The molecule has 2 rings (SSSR count). The van der Waals surface area contributed by atoms with Crippen molar-refractivity contribution >= 4 is 17.7 Å². The van der Waals surface area contributed by atoms with E-state index in [1.54, 1.807) is 18.4 Å². The molecule has 2 heterocycles. The van der Waals surface area contributed by atoms with Crippen LogP contribution in [0.25, 0.3) is 0 Å². The third-order valence-corrected chi connectivity index (χ3v) is 5.33. The van der Waals surface area contributed by atoms with Crippen LogP contribution in [0.5, 0.6) is 0 Å². The first-order valence-corrected chi connectivity index (χ1v) is 9.06. The van der Waals surface area contributed by atoms with Crippen LogP contribution >= 0.6 is 11.8 Å². The van der Waals surface area contributed by atoms with E-state index in [2.05, 4.69) is 33.0 Å². The number of furan rings is 1. The number of nitrogens with zero attached hydrogens (tertiary/aromatic N) is 1. The topological polar surface area (TPSA) is 45.5 Å². The highest BCUT2D eigenvalue weighted by Gasteiger charge is 2.25. The normalized spacial score (nSPS) is 18.5. The van der Waals surface area contributed by atoms with Gasteiger partial charge >= 0.3 is 0 Å². The van der Waals surface area contributed by atoms with E-state index in [0.29, 0.717) is 22.6 Å². The molecule has 0 unspecified atom stereocenters. The number of thioether (sulfide) groups is 1. The molecule has 1 atom stereocenters. The summed E-state index contributed by atoms with van der Waals surface area (Å²) in [6, 6.07) is 4.51. The van der Waals surface area contributed by atoms with Crippen molar-refractivity contribution in [2.75, 3.05) is 18.8 Å². The molecule has 1 aromatic heterocycles. The van der Waals surface area contributed by atoms with E-state index in [1.165, 1.54) is 0 Å². The summed E-state index contributed by atoms with van der Waals surface area (Å²) in [6.45, 7) is 10.6. The van der Waals surface area contributed by atoms with Gasteiger partial charge in [0.05, 0.1) is 6.26 Å². The Hall–Kier alpha value is -0.940. The van der Waals surface area contributed by atoms with Crippen molar-refractivity contribution in [3.63, 3.8) is 0 Å². The van der Waals surface area contributed by atoms with Crippen LogP contribution in [-0.4, -0.2) is 46.5 Å². The van der Waals surface area contributed by atoms with E-state index in [1.807, 2.05) is 16.7 Å². The fourth-order valence-electron chi connectivity index (χ4n) is 2.63. The molecule has 1 aliphatic heterocycles. The quantitative estimate of drug-likeness (QED) is 0.902. The summed E-state index contributed by atoms with van der Waals surface area (Å²) in [5.41, 5.74) is 0. The summed E-state index contributed by atoms with van der Waals surface area (Å²) in [4.78, 5) is 14.1. The van der Waals surface area contributed by atoms with Crippen LogP contribution < -0.4 is 5.32 Å². The minimum absolute atomic E-state index is 0.0137. The van der Waals surface area contributed by atoms with Crippen LogP contribution in [0.4, 0.5) is 0 Å². The maximum atomic E-state index is 12.2. The first-order valence-electron chi connectivity index (χ1n) is 8.08. The lowest BCUT2D eigenvalue weighted by Crippen LogP contribution is -2.47. The highest BCUT2D eigenvalue weighted by molar-refractivity contribution is 8.00. The van der Waals surface area contributed by atoms with Crippen LogP contribution in [-0.2, 0) is 0 Å². The number of nitrogens with one attached hydrogen (secondary N) is 1. The Morgan fingerprint density at radius 3 is 2.68 bits per heavy atom. The molecular formula is C17H28N2O2S. The monoisotopic (exact) mass is 324 g/mol. The van der Waals surface area contributed by atoms with Crippen LogP contribution in [0.3, 0.4) is 0 Å². The number of hydrogen-bond acceptors (Lipinski definition) is 4. The number of carbonyl (C=O) groups excluding carboxylic acids is 1. The summed E-state index contributed by atoms with van der Waals surface area (Å²) < 4.78 is 5.51. The van der Waals surface area contributed by atoms with E-state index in [0.717, 1.165) is 31.7 Å². The molecule has 0 saturated carbocycles. The lowest BCUT2D eigenvalue weighted by molar-refractivity contribution is 0.0671. The zero-order valence-corrected chi connectivity index (χ0v) is 14.9. The van der Waals surface area contributed by atoms with Crippen molar-refractivity contribution in [1.82, 2.24) is 10.2 Å². The van der Waals surface area contributed by atoms with Crippen LogP contribution in [0.15, 0.2) is 22.8 Å². The van der Waals surface area contributed by atoms with E-state index < -0.39 is 0 Å². The van der Waals surface area contributed by atoms with Crippen molar-refractivity contribution in [2.24, 2.45) is 0 Å².